The van der Waals surface area contributed by atoms with Crippen LogP contribution in [0.5, 0.6) is 0 Å². The number of rotatable bonds is 3. The summed E-state index contributed by atoms with van der Waals surface area (Å²) in [7, 11) is 5.47. The van der Waals surface area contributed by atoms with Crippen molar-refractivity contribution < 1.29 is 0 Å². The van der Waals surface area contributed by atoms with Gasteiger partial charge in [-0.25, -0.2) is 0 Å². The van der Waals surface area contributed by atoms with Crippen molar-refractivity contribution in [2.45, 2.75) is 5.79 Å². The quantitative estimate of drug-likeness (QED) is 0.377. The van der Waals surface area contributed by atoms with E-state index in [1.165, 1.54) is 0 Å². The van der Waals surface area contributed by atoms with Crippen LogP contribution >= 0.6 is 0 Å². The number of allylic oxidation sites excluding steroid dienone is 1. The highest BCUT2D eigenvalue weighted by atomic mass is 15.3. The summed E-state index contributed by atoms with van der Waals surface area (Å²) in [6.45, 7) is 3.51. The topological polar surface area (TPSA) is 36.1 Å². The van der Waals surface area contributed by atoms with E-state index in [0.717, 1.165) is 0 Å². The summed E-state index contributed by atoms with van der Waals surface area (Å²) in [4.78, 5) is 0. The van der Waals surface area contributed by atoms with Crippen molar-refractivity contribution in [1.29, 1.82) is 0 Å². The first-order valence-electron chi connectivity index (χ1n) is 3.45. The van der Waals surface area contributed by atoms with Gasteiger partial charge >= 0.3 is 0 Å². The molecule has 0 unspecified atom stereocenters. The lowest BCUT2D eigenvalue weighted by Gasteiger charge is -2.26. The zero-order valence-corrected chi connectivity index (χ0v) is 7.28. The minimum atomic E-state index is -0.506. The van der Waals surface area contributed by atoms with Crippen molar-refractivity contribution in [3.8, 4) is 11.8 Å². The lowest BCUT2D eigenvalue weighted by Crippen LogP contribution is -2.62. The van der Waals surface area contributed by atoms with E-state index in [4.69, 9.17) is 0 Å². The van der Waals surface area contributed by atoms with Crippen LogP contribution in [-0.4, -0.2) is 26.9 Å². The summed E-state index contributed by atoms with van der Waals surface area (Å²) < 4.78 is 0. The highest BCUT2D eigenvalue weighted by molar-refractivity contribution is 5.21. The first-order chi connectivity index (χ1) is 5.24. The molecule has 0 bridgehead atoms. The SMILES string of the molecule is C=CC#CC(NC)(NC)NC. The molecule has 0 fully saturated rings. The largest absolute Gasteiger partial charge is 0.279 e. The second kappa shape index (κ2) is 4.91. The predicted octanol–water partition coefficient (Wildman–Crippen LogP) is -0.512. The highest BCUT2D eigenvalue weighted by Gasteiger charge is 2.18. The van der Waals surface area contributed by atoms with E-state index in [1.54, 1.807) is 6.08 Å². The van der Waals surface area contributed by atoms with Gasteiger partial charge in [-0.05, 0) is 33.1 Å². The fraction of sp³-hybridized carbons (Fsp3) is 0.500. The van der Waals surface area contributed by atoms with E-state index in [-0.39, 0.29) is 0 Å². The van der Waals surface area contributed by atoms with Crippen LogP contribution in [0, 0.1) is 11.8 Å². The van der Waals surface area contributed by atoms with Gasteiger partial charge in [0.2, 0.25) is 0 Å². The molecule has 0 aliphatic carbocycles. The lowest BCUT2D eigenvalue weighted by atomic mass is 10.3. The van der Waals surface area contributed by atoms with Gasteiger partial charge in [0.25, 0.3) is 0 Å². The first kappa shape index (κ1) is 10.2. The summed E-state index contributed by atoms with van der Waals surface area (Å²) >= 11 is 0. The molecule has 0 aliphatic rings. The lowest BCUT2D eigenvalue weighted by molar-refractivity contribution is 0.336. The normalized spacial score (nSPS) is 10.1. The smallest absolute Gasteiger partial charge is 0.188 e. The predicted molar refractivity (Wildman–Crippen MR) is 47.9 cm³/mol. The molecule has 0 amide bonds. The highest BCUT2D eigenvalue weighted by Crippen LogP contribution is 1.87. The maximum absolute atomic E-state index is 3.51. The zero-order chi connectivity index (χ0) is 8.74. The van der Waals surface area contributed by atoms with Crippen LogP contribution in [0.3, 0.4) is 0 Å². The molecule has 3 N–H and O–H groups in total. The van der Waals surface area contributed by atoms with Crippen LogP contribution in [0.25, 0.3) is 0 Å². The van der Waals surface area contributed by atoms with Crippen molar-refractivity contribution in [2.75, 3.05) is 21.1 Å². The van der Waals surface area contributed by atoms with E-state index in [1.807, 2.05) is 21.1 Å². The third-order valence-corrected chi connectivity index (χ3v) is 1.49. The molecule has 0 aromatic rings. The minimum absolute atomic E-state index is 0.506. The van der Waals surface area contributed by atoms with Gasteiger partial charge in [0.1, 0.15) is 0 Å². The molecule has 3 heteroatoms. The third-order valence-electron chi connectivity index (χ3n) is 1.49. The Labute approximate surface area is 68.3 Å². The summed E-state index contributed by atoms with van der Waals surface area (Å²) in [6.07, 6.45) is 1.56. The van der Waals surface area contributed by atoms with Gasteiger partial charge in [-0.15, -0.1) is 0 Å². The van der Waals surface area contributed by atoms with E-state index in [0.29, 0.717) is 0 Å². The molecule has 0 atom stereocenters. The van der Waals surface area contributed by atoms with Crippen LogP contribution in [0.15, 0.2) is 12.7 Å². The molecule has 0 aliphatic heterocycles. The average Bonchev–Trinajstić information content (AvgIpc) is 2.08. The fourth-order valence-corrected chi connectivity index (χ4v) is 0.722. The Kier molecular flexibility index (Phi) is 4.55. The Balaban J connectivity index is 4.40. The van der Waals surface area contributed by atoms with Crippen molar-refractivity contribution in [3.63, 3.8) is 0 Å². The van der Waals surface area contributed by atoms with E-state index < -0.39 is 5.79 Å². The molecule has 0 spiro atoms. The molecule has 0 heterocycles. The molecule has 0 saturated carbocycles. The second-order valence-electron chi connectivity index (χ2n) is 1.97. The van der Waals surface area contributed by atoms with Crippen molar-refractivity contribution in [3.05, 3.63) is 12.7 Å². The molecule has 0 saturated heterocycles. The maximum Gasteiger partial charge on any atom is 0.188 e. The molecule has 0 rings (SSSR count). The molecule has 62 valence electrons. The summed E-state index contributed by atoms with van der Waals surface area (Å²) in [6, 6.07) is 0. The van der Waals surface area contributed by atoms with Crippen LogP contribution in [-0.2, 0) is 0 Å². The van der Waals surface area contributed by atoms with Gasteiger partial charge in [0.15, 0.2) is 5.79 Å². The Morgan fingerprint density at radius 1 is 1.18 bits per heavy atom. The average molecular weight is 153 g/mol. The zero-order valence-electron chi connectivity index (χ0n) is 7.28. The van der Waals surface area contributed by atoms with Gasteiger partial charge < -0.3 is 0 Å². The molecule has 3 nitrogen and oxygen atoms in total. The van der Waals surface area contributed by atoms with Gasteiger partial charge in [0.05, 0.1) is 0 Å². The van der Waals surface area contributed by atoms with Crippen molar-refractivity contribution >= 4 is 0 Å². The molecular formula is C8H15N3. The molecule has 0 aromatic carbocycles. The van der Waals surface area contributed by atoms with Gasteiger partial charge in [-0.3, -0.25) is 16.0 Å². The third kappa shape index (κ3) is 2.72. The Morgan fingerprint density at radius 2 is 1.64 bits per heavy atom. The van der Waals surface area contributed by atoms with E-state index in [2.05, 4.69) is 34.4 Å². The summed E-state index contributed by atoms with van der Waals surface area (Å²) in [5, 5.41) is 9.02. The number of nitrogens with one attached hydrogen (secondary N) is 3. The number of hydrogen-bond donors (Lipinski definition) is 3. The summed E-state index contributed by atoms with van der Waals surface area (Å²) in [5.74, 6) is 5.19. The minimum Gasteiger partial charge on any atom is -0.279 e. The Hall–Kier alpha value is -0.820. The van der Waals surface area contributed by atoms with Crippen molar-refractivity contribution in [1.82, 2.24) is 16.0 Å². The van der Waals surface area contributed by atoms with Gasteiger partial charge in [-0.2, -0.15) is 0 Å². The van der Waals surface area contributed by atoms with E-state index >= 15 is 0 Å². The summed E-state index contributed by atoms with van der Waals surface area (Å²) in [5.41, 5.74) is 0. The monoisotopic (exact) mass is 153 g/mol. The molecule has 11 heavy (non-hydrogen) atoms. The van der Waals surface area contributed by atoms with Crippen LogP contribution in [0.4, 0.5) is 0 Å². The standard InChI is InChI=1S/C8H15N3/c1-5-6-7-8(9-2,10-3)11-4/h5,9-11H,1H2,2-4H3. The fourth-order valence-electron chi connectivity index (χ4n) is 0.722. The maximum atomic E-state index is 3.51. The second-order valence-corrected chi connectivity index (χ2v) is 1.97. The van der Waals surface area contributed by atoms with Crippen LogP contribution < -0.4 is 16.0 Å². The van der Waals surface area contributed by atoms with Gasteiger partial charge in [-0.1, -0.05) is 12.5 Å². The number of hydrogen-bond acceptors (Lipinski definition) is 3. The van der Waals surface area contributed by atoms with Crippen LogP contribution in [0.2, 0.25) is 0 Å². The molecule has 0 radical (unpaired) electrons. The Morgan fingerprint density at radius 3 is 1.91 bits per heavy atom. The van der Waals surface area contributed by atoms with Crippen molar-refractivity contribution in [2.24, 2.45) is 0 Å². The molecule has 0 aromatic heterocycles. The Bertz CT molecular complexity index is 163. The first-order valence-corrected chi connectivity index (χ1v) is 3.45. The van der Waals surface area contributed by atoms with E-state index in [9.17, 15) is 0 Å². The van der Waals surface area contributed by atoms with Gasteiger partial charge in [0, 0.05) is 0 Å². The molecular weight excluding hydrogens is 138 g/mol. The van der Waals surface area contributed by atoms with Crippen LogP contribution in [0.1, 0.15) is 0 Å².